The molecule has 0 aromatic heterocycles. The average Bonchev–Trinajstić information content (AvgIpc) is 2.46. The highest BCUT2D eigenvalue weighted by molar-refractivity contribution is 9.11. The minimum Gasteiger partial charge on any atom is -0.0870 e. The maximum atomic E-state index is 3.59. The molecule has 0 heterocycles. The van der Waals surface area contributed by atoms with Crippen molar-refractivity contribution in [3.8, 4) is 0 Å². The van der Waals surface area contributed by atoms with Gasteiger partial charge in [-0.1, -0.05) is 63.5 Å². The number of allylic oxidation sites excluding steroid dienone is 8. The van der Waals surface area contributed by atoms with E-state index in [1.54, 1.807) is 0 Å². The van der Waals surface area contributed by atoms with Crippen LogP contribution in [0.25, 0.3) is 11.1 Å². The number of hydrogen-bond acceptors (Lipinski definition) is 0. The van der Waals surface area contributed by atoms with Crippen molar-refractivity contribution in [2.45, 2.75) is 40.5 Å². The van der Waals surface area contributed by atoms with Crippen LogP contribution in [0, 0.1) is 0 Å². The van der Waals surface area contributed by atoms with Crippen LogP contribution in [-0.2, 0) is 0 Å². The van der Waals surface area contributed by atoms with Gasteiger partial charge in [0, 0.05) is 0 Å². The molecule has 0 aliphatic heterocycles. The molecule has 0 spiro atoms. The minimum atomic E-state index is 1.12. The fourth-order valence-electron chi connectivity index (χ4n) is 2.86. The molecule has 0 nitrogen and oxygen atoms in total. The molecule has 1 aromatic carbocycles. The van der Waals surface area contributed by atoms with Gasteiger partial charge < -0.3 is 0 Å². The first-order valence-electron chi connectivity index (χ1n) is 7.50. The van der Waals surface area contributed by atoms with Gasteiger partial charge in [-0.2, -0.15) is 0 Å². The van der Waals surface area contributed by atoms with Gasteiger partial charge in [-0.25, -0.2) is 0 Å². The predicted molar refractivity (Wildman–Crippen MR) is 98.4 cm³/mol. The normalized spacial score (nSPS) is 17.1. The third-order valence-electron chi connectivity index (χ3n) is 3.98. The van der Waals surface area contributed by atoms with Crippen LogP contribution >= 0.6 is 15.9 Å². The van der Waals surface area contributed by atoms with Gasteiger partial charge in [-0.05, 0) is 73.4 Å². The molecule has 1 aliphatic carbocycles. The van der Waals surface area contributed by atoms with E-state index in [0.717, 1.165) is 12.8 Å². The van der Waals surface area contributed by atoms with Gasteiger partial charge in [-0.3, -0.25) is 0 Å². The van der Waals surface area contributed by atoms with Crippen LogP contribution in [0.2, 0.25) is 0 Å². The van der Waals surface area contributed by atoms with Crippen molar-refractivity contribution in [3.05, 3.63) is 69.2 Å². The summed E-state index contributed by atoms with van der Waals surface area (Å²) in [5.41, 5.74) is 8.33. The SMILES string of the molecule is CC=CC1=C(C)CCC(C)=C(C=C(C)Br)c2ccccc21. The molecule has 0 N–H and O–H groups in total. The Balaban J connectivity index is 2.76. The Morgan fingerprint density at radius 2 is 1.52 bits per heavy atom. The van der Waals surface area contributed by atoms with Crippen molar-refractivity contribution in [2.75, 3.05) is 0 Å². The maximum Gasteiger partial charge on any atom is -0.00743 e. The van der Waals surface area contributed by atoms with Crippen LogP contribution in [0.4, 0.5) is 0 Å². The zero-order chi connectivity index (χ0) is 15.4. The third-order valence-corrected chi connectivity index (χ3v) is 4.21. The summed E-state index contributed by atoms with van der Waals surface area (Å²) in [4.78, 5) is 0. The van der Waals surface area contributed by atoms with E-state index in [1.807, 2.05) is 0 Å². The van der Waals surface area contributed by atoms with Gasteiger partial charge in [0.2, 0.25) is 0 Å². The second kappa shape index (κ2) is 7.09. The topological polar surface area (TPSA) is 0 Å². The molecule has 0 amide bonds. The Bertz CT molecular complexity index is 650. The molecule has 1 aromatic rings. The summed E-state index contributed by atoms with van der Waals surface area (Å²) >= 11 is 3.59. The summed E-state index contributed by atoms with van der Waals surface area (Å²) in [6.45, 7) is 8.70. The maximum absolute atomic E-state index is 3.59. The Hall–Kier alpha value is -1.34. The summed E-state index contributed by atoms with van der Waals surface area (Å²) in [5, 5.41) is 0. The highest BCUT2D eigenvalue weighted by atomic mass is 79.9. The van der Waals surface area contributed by atoms with E-state index in [-0.39, 0.29) is 0 Å². The first kappa shape index (κ1) is 16.0. The van der Waals surface area contributed by atoms with Crippen LogP contribution in [0.1, 0.15) is 51.7 Å². The number of fused-ring (bicyclic) bond motifs is 1. The van der Waals surface area contributed by atoms with E-state index in [4.69, 9.17) is 0 Å². The Morgan fingerprint density at radius 3 is 2.05 bits per heavy atom. The molecule has 110 valence electrons. The summed E-state index contributed by atoms with van der Waals surface area (Å²) < 4.78 is 1.17. The van der Waals surface area contributed by atoms with Crippen LogP contribution in [0.3, 0.4) is 0 Å². The molecular formula is C20H23Br. The molecule has 0 unspecified atom stereocenters. The molecule has 0 radical (unpaired) electrons. The van der Waals surface area contributed by atoms with Gasteiger partial charge in [0.05, 0.1) is 0 Å². The van der Waals surface area contributed by atoms with E-state index in [9.17, 15) is 0 Å². The van der Waals surface area contributed by atoms with Gasteiger partial charge in [0.1, 0.15) is 0 Å². The Labute approximate surface area is 137 Å². The highest BCUT2D eigenvalue weighted by Gasteiger charge is 2.15. The number of benzene rings is 1. The Kier molecular flexibility index (Phi) is 5.41. The van der Waals surface area contributed by atoms with Gasteiger partial charge in [0.15, 0.2) is 0 Å². The largest absolute Gasteiger partial charge is 0.0870 e. The van der Waals surface area contributed by atoms with Gasteiger partial charge in [-0.15, -0.1) is 0 Å². The van der Waals surface area contributed by atoms with E-state index >= 15 is 0 Å². The fraction of sp³-hybridized carbons (Fsp3) is 0.300. The highest BCUT2D eigenvalue weighted by Crippen LogP contribution is 2.36. The lowest BCUT2D eigenvalue weighted by molar-refractivity contribution is 0.926. The van der Waals surface area contributed by atoms with Crippen molar-refractivity contribution in [3.63, 3.8) is 0 Å². The summed E-state index contributed by atoms with van der Waals surface area (Å²) in [6, 6.07) is 8.75. The summed E-state index contributed by atoms with van der Waals surface area (Å²) in [7, 11) is 0. The van der Waals surface area contributed by atoms with Crippen LogP contribution < -0.4 is 0 Å². The molecule has 0 saturated carbocycles. The molecule has 0 atom stereocenters. The molecule has 0 fully saturated rings. The van der Waals surface area contributed by atoms with Crippen molar-refractivity contribution >= 4 is 27.1 Å². The first-order chi connectivity index (χ1) is 10.0. The molecule has 2 rings (SSSR count). The van der Waals surface area contributed by atoms with Gasteiger partial charge >= 0.3 is 0 Å². The number of hydrogen-bond donors (Lipinski definition) is 0. The average molecular weight is 343 g/mol. The van der Waals surface area contributed by atoms with Crippen molar-refractivity contribution in [2.24, 2.45) is 0 Å². The van der Waals surface area contributed by atoms with Crippen LogP contribution in [-0.4, -0.2) is 0 Å². The van der Waals surface area contributed by atoms with Crippen LogP contribution in [0.5, 0.6) is 0 Å². The first-order valence-corrected chi connectivity index (χ1v) is 8.29. The standard InChI is InChI=1S/C20H23Br/c1-5-8-17-14(2)11-12-15(3)20(13-16(4)21)19-10-7-6-9-18(17)19/h5-10,13H,11-12H2,1-4H3. The van der Waals surface area contributed by atoms with Gasteiger partial charge in [0.25, 0.3) is 0 Å². The summed E-state index contributed by atoms with van der Waals surface area (Å²) in [5.74, 6) is 0. The molecule has 0 saturated heterocycles. The molecule has 21 heavy (non-hydrogen) atoms. The van der Waals surface area contributed by atoms with Crippen molar-refractivity contribution < 1.29 is 0 Å². The number of rotatable bonds is 2. The Morgan fingerprint density at radius 1 is 1.00 bits per heavy atom. The summed E-state index contributed by atoms with van der Waals surface area (Å²) in [6.07, 6.45) is 8.88. The van der Waals surface area contributed by atoms with E-state index < -0.39 is 0 Å². The quantitative estimate of drug-likeness (QED) is 0.548. The molecule has 0 bridgehead atoms. The van der Waals surface area contributed by atoms with Crippen molar-refractivity contribution in [1.82, 2.24) is 0 Å². The smallest absolute Gasteiger partial charge is 0.00743 e. The lowest BCUT2D eigenvalue weighted by Crippen LogP contribution is -2.00. The fourth-order valence-corrected chi connectivity index (χ4v) is 3.08. The lowest BCUT2D eigenvalue weighted by Gasteiger charge is -2.20. The molecular weight excluding hydrogens is 320 g/mol. The molecule has 1 heteroatoms. The van der Waals surface area contributed by atoms with Crippen LogP contribution in [0.15, 0.2) is 58.1 Å². The van der Waals surface area contributed by atoms with E-state index in [1.165, 1.54) is 37.9 Å². The lowest BCUT2D eigenvalue weighted by atomic mass is 9.84. The third kappa shape index (κ3) is 3.65. The van der Waals surface area contributed by atoms with E-state index in [0.29, 0.717) is 0 Å². The predicted octanol–water partition coefficient (Wildman–Crippen LogP) is 6.90. The number of halogens is 1. The second-order valence-electron chi connectivity index (χ2n) is 5.66. The monoisotopic (exact) mass is 342 g/mol. The minimum absolute atomic E-state index is 1.12. The zero-order valence-corrected chi connectivity index (χ0v) is 14.9. The van der Waals surface area contributed by atoms with Crippen molar-refractivity contribution in [1.29, 1.82) is 0 Å². The second-order valence-corrected chi connectivity index (χ2v) is 6.92. The zero-order valence-electron chi connectivity index (χ0n) is 13.3. The molecule has 1 aliphatic rings. The van der Waals surface area contributed by atoms with E-state index in [2.05, 4.69) is 86.1 Å².